The number of halogens is 2. The van der Waals surface area contributed by atoms with Crippen molar-refractivity contribution in [2.75, 3.05) is 0 Å². The number of fused-ring (bicyclic) bond motifs is 8. The summed E-state index contributed by atoms with van der Waals surface area (Å²) in [5.41, 5.74) is 12.2. The Kier molecular flexibility index (Phi) is 19.5. The summed E-state index contributed by atoms with van der Waals surface area (Å²) < 4.78 is 1.76. The number of aliphatic hydroxyl groups is 2. The lowest BCUT2D eigenvalue weighted by atomic mass is 9.62. The summed E-state index contributed by atoms with van der Waals surface area (Å²) >= 11 is 7.82. The highest BCUT2D eigenvalue weighted by Gasteiger charge is 2.53. The van der Waals surface area contributed by atoms with Gasteiger partial charge in [-0.3, -0.25) is 0 Å². The predicted molar refractivity (Wildman–Crippen MR) is 330 cm³/mol. The molecule has 404 valence electrons. The fraction of sp³-hybridized carbons (Fsp3) is 0.500. The summed E-state index contributed by atoms with van der Waals surface area (Å²) in [7, 11) is 0. The molecule has 2 N–H and O–H groups in total. The molecule has 3 aliphatic rings. The molecule has 9 rings (SSSR count). The maximum Gasteiger partial charge on any atom is 0.141 e. The van der Waals surface area contributed by atoms with Crippen LogP contribution in [0.1, 0.15) is 263 Å². The number of hydrogen-bond donors (Lipinski definition) is 2. The third-order valence-electron chi connectivity index (χ3n) is 18.7. The Morgan fingerprint density at radius 1 is 0.289 bits per heavy atom. The SMILES string of the molecule is CCCCCCCCC1(CCCCCCCC)c2ccccc2-c2ccc(C3(O)c4ccc(Br)cc4C(O)(c4ccc5c(c4)C(CCCCCCCC)(CCCCCCCC)c4ccccc4-5)c4ccc(Br)cc43)cc21. The first-order chi connectivity index (χ1) is 37.1. The highest BCUT2D eigenvalue weighted by molar-refractivity contribution is 9.10. The van der Waals surface area contributed by atoms with E-state index >= 15 is 0 Å². The van der Waals surface area contributed by atoms with Crippen LogP contribution in [0.3, 0.4) is 0 Å². The van der Waals surface area contributed by atoms with E-state index in [1.54, 1.807) is 0 Å². The molecule has 3 aliphatic carbocycles. The second-order valence-corrected chi connectivity index (χ2v) is 25.5. The van der Waals surface area contributed by atoms with E-state index in [9.17, 15) is 10.2 Å². The van der Waals surface area contributed by atoms with Gasteiger partial charge in [-0.1, -0.05) is 311 Å². The van der Waals surface area contributed by atoms with Crippen LogP contribution in [0.5, 0.6) is 0 Å². The molecule has 0 aliphatic heterocycles. The van der Waals surface area contributed by atoms with Gasteiger partial charge in [0.25, 0.3) is 0 Å². The molecule has 0 saturated carbocycles. The minimum atomic E-state index is -1.57. The molecule has 0 saturated heterocycles. The largest absolute Gasteiger partial charge is 0.376 e. The topological polar surface area (TPSA) is 40.5 Å². The zero-order valence-corrected chi connectivity index (χ0v) is 50.2. The zero-order valence-electron chi connectivity index (χ0n) is 47.0. The highest BCUT2D eigenvalue weighted by atomic mass is 79.9. The molecule has 0 bridgehead atoms. The summed E-state index contributed by atoms with van der Waals surface area (Å²) in [5, 5.41) is 28.6. The summed E-state index contributed by atoms with van der Waals surface area (Å²) in [6.07, 6.45) is 34.8. The summed E-state index contributed by atoms with van der Waals surface area (Å²) in [4.78, 5) is 0. The van der Waals surface area contributed by atoms with E-state index < -0.39 is 11.2 Å². The molecule has 0 radical (unpaired) electrons. The van der Waals surface area contributed by atoms with Gasteiger partial charge in [-0.05, 0) is 117 Å². The van der Waals surface area contributed by atoms with Crippen LogP contribution in [0.2, 0.25) is 0 Å². The van der Waals surface area contributed by atoms with Crippen LogP contribution in [-0.4, -0.2) is 10.2 Å². The molecule has 0 fully saturated rings. The van der Waals surface area contributed by atoms with Crippen molar-refractivity contribution in [1.82, 2.24) is 0 Å². The van der Waals surface area contributed by atoms with Crippen molar-refractivity contribution in [2.24, 2.45) is 0 Å². The van der Waals surface area contributed by atoms with Crippen LogP contribution in [0.25, 0.3) is 22.3 Å². The molecule has 2 nitrogen and oxygen atoms in total. The molecule has 0 amide bonds. The fourth-order valence-corrected chi connectivity index (χ4v) is 15.4. The normalized spacial score (nSPS) is 18.2. The van der Waals surface area contributed by atoms with Gasteiger partial charge in [-0.2, -0.15) is 0 Å². The Morgan fingerprint density at radius 3 is 0.934 bits per heavy atom. The molecule has 76 heavy (non-hydrogen) atoms. The predicted octanol–water partition coefficient (Wildman–Crippen LogP) is 21.6. The van der Waals surface area contributed by atoms with Gasteiger partial charge < -0.3 is 10.2 Å². The first kappa shape index (κ1) is 56.9. The summed E-state index contributed by atoms with van der Waals surface area (Å²) in [6.45, 7) is 9.22. The first-order valence-corrected chi connectivity index (χ1v) is 32.3. The maximum absolute atomic E-state index is 14.3. The Bertz CT molecular complexity index is 2650. The number of unbranched alkanes of at least 4 members (excludes halogenated alkanes) is 20. The van der Waals surface area contributed by atoms with Gasteiger partial charge >= 0.3 is 0 Å². The highest BCUT2D eigenvalue weighted by Crippen LogP contribution is 2.60. The average Bonchev–Trinajstić information content (AvgIpc) is 4.02. The van der Waals surface area contributed by atoms with Crippen molar-refractivity contribution in [3.05, 3.63) is 186 Å². The van der Waals surface area contributed by atoms with Crippen LogP contribution in [0.15, 0.2) is 130 Å². The Hall–Kier alpha value is -3.80. The molecule has 4 heteroatoms. The molecule has 0 heterocycles. The Morgan fingerprint density at radius 2 is 0.592 bits per heavy atom. The first-order valence-electron chi connectivity index (χ1n) is 30.7. The lowest BCUT2D eigenvalue weighted by Gasteiger charge is -2.46. The molecular weight excluding hydrogens is 1060 g/mol. The number of hydrogen-bond acceptors (Lipinski definition) is 2. The molecule has 2 atom stereocenters. The van der Waals surface area contributed by atoms with E-state index in [-0.39, 0.29) is 10.8 Å². The molecule has 0 spiro atoms. The van der Waals surface area contributed by atoms with E-state index in [0.29, 0.717) is 0 Å². The van der Waals surface area contributed by atoms with Crippen molar-refractivity contribution in [1.29, 1.82) is 0 Å². The number of rotatable bonds is 30. The van der Waals surface area contributed by atoms with Crippen molar-refractivity contribution < 1.29 is 10.2 Å². The van der Waals surface area contributed by atoms with Gasteiger partial charge in [0.2, 0.25) is 0 Å². The van der Waals surface area contributed by atoms with Gasteiger partial charge in [0.1, 0.15) is 11.2 Å². The Balaban J connectivity index is 1.17. The quantitative estimate of drug-likeness (QED) is 0.0441. The minimum absolute atomic E-state index is 0.147. The molecular formula is C72H90Br2O2. The van der Waals surface area contributed by atoms with Gasteiger partial charge in [0.05, 0.1) is 0 Å². The van der Waals surface area contributed by atoms with Crippen molar-refractivity contribution in [3.8, 4) is 22.3 Å². The van der Waals surface area contributed by atoms with Crippen molar-refractivity contribution in [2.45, 2.75) is 230 Å². The molecule has 0 aromatic heterocycles. The summed E-state index contributed by atoms with van der Waals surface area (Å²) in [5.74, 6) is 0. The van der Waals surface area contributed by atoms with Crippen LogP contribution >= 0.6 is 31.9 Å². The average molecular weight is 1150 g/mol. The third-order valence-corrected chi connectivity index (χ3v) is 19.7. The van der Waals surface area contributed by atoms with Gasteiger partial charge in [-0.15, -0.1) is 0 Å². The lowest BCUT2D eigenvalue weighted by molar-refractivity contribution is 0.0745. The van der Waals surface area contributed by atoms with E-state index in [2.05, 4.69) is 181 Å². The van der Waals surface area contributed by atoms with Crippen molar-refractivity contribution in [3.63, 3.8) is 0 Å². The van der Waals surface area contributed by atoms with Crippen LogP contribution in [0.4, 0.5) is 0 Å². The number of benzene rings is 6. The van der Waals surface area contributed by atoms with E-state index in [1.165, 1.54) is 199 Å². The van der Waals surface area contributed by atoms with Crippen LogP contribution in [-0.2, 0) is 22.0 Å². The fourth-order valence-electron chi connectivity index (χ4n) is 14.7. The third kappa shape index (κ3) is 11.1. The minimum Gasteiger partial charge on any atom is -0.376 e. The smallest absolute Gasteiger partial charge is 0.141 e. The molecule has 6 aromatic carbocycles. The Labute approximate surface area is 476 Å². The lowest BCUT2D eigenvalue weighted by Crippen LogP contribution is -2.44. The van der Waals surface area contributed by atoms with Gasteiger partial charge in [-0.25, -0.2) is 0 Å². The monoisotopic (exact) mass is 1140 g/mol. The second kappa shape index (κ2) is 26.0. The van der Waals surface area contributed by atoms with Crippen LogP contribution in [0, 0.1) is 0 Å². The molecule has 6 aromatic rings. The zero-order chi connectivity index (χ0) is 53.2. The van der Waals surface area contributed by atoms with E-state index in [4.69, 9.17) is 0 Å². The van der Waals surface area contributed by atoms with Crippen LogP contribution < -0.4 is 0 Å². The van der Waals surface area contributed by atoms with E-state index in [1.807, 2.05) is 0 Å². The molecule has 2 unspecified atom stereocenters. The second-order valence-electron chi connectivity index (χ2n) is 23.6. The summed E-state index contributed by atoms with van der Waals surface area (Å²) in [6, 6.07) is 44.8. The van der Waals surface area contributed by atoms with Crippen molar-refractivity contribution >= 4 is 31.9 Å². The van der Waals surface area contributed by atoms with Gasteiger partial charge in [0, 0.05) is 30.9 Å². The standard InChI is InChI=1S/C72H90Br2O2/c1-5-9-13-17-21-29-45-69(46-30-22-18-14-10-6-2)61-35-27-25-33-57(61)59-41-37-53(49-65(59)69)71(75)63-43-39-56(74)52-68(63)72(76,64-44-40-55(73)51-67(64)71)54-38-42-60-58-34-26-28-36-62(58)70(66(60)50-54,47-31-23-19-15-11-7-3)48-32-24-20-16-12-8-4/h25-28,33-44,49-52,75-76H,5-24,29-32,45-48H2,1-4H3. The van der Waals surface area contributed by atoms with E-state index in [0.717, 1.165) is 68.0 Å². The van der Waals surface area contributed by atoms with Gasteiger partial charge in [0.15, 0.2) is 0 Å². The maximum atomic E-state index is 14.3.